The Morgan fingerprint density at radius 2 is 1.94 bits per heavy atom. The Morgan fingerprint density at radius 1 is 1.24 bits per heavy atom. The van der Waals surface area contributed by atoms with E-state index in [1.165, 1.54) is 38.2 Å². The molecule has 2 heterocycles. The first-order chi connectivity index (χ1) is 8.25. The van der Waals surface area contributed by atoms with Crippen LogP contribution in [0.15, 0.2) is 24.3 Å². The predicted molar refractivity (Wildman–Crippen MR) is 75.4 cm³/mol. The van der Waals surface area contributed by atoms with Crippen LogP contribution in [0.25, 0.3) is 0 Å². The van der Waals surface area contributed by atoms with Gasteiger partial charge < -0.3 is 9.71 Å². The monoisotopic (exact) mass is 228 g/mol. The average Bonchev–Trinajstić information content (AvgIpc) is 2.68. The lowest BCUT2D eigenvalue weighted by Crippen LogP contribution is -2.44. The van der Waals surface area contributed by atoms with E-state index in [2.05, 4.69) is 48.9 Å². The molecule has 2 aliphatic heterocycles. The summed E-state index contributed by atoms with van der Waals surface area (Å²) in [7, 11) is 2.24. The summed E-state index contributed by atoms with van der Waals surface area (Å²) in [5, 5.41) is 0. The number of fused-ring (bicyclic) bond motifs is 2. The van der Waals surface area contributed by atoms with Gasteiger partial charge in [-0.3, -0.25) is 0 Å². The maximum absolute atomic E-state index is 2.56. The van der Waals surface area contributed by atoms with Crippen molar-refractivity contribution in [3.8, 4) is 0 Å². The number of para-hydroxylation sites is 1. The summed E-state index contributed by atoms with van der Waals surface area (Å²) in [6, 6.07) is 9.04. The van der Waals surface area contributed by atoms with Crippen LogP contribution in [0.1, 0.15) is 25.3 Å². The first-order valence-corrected chi connectivity index (χ1v) is 6.78. The Morgan fingerprint density at radius 3 is 2.65 bits per heavy atom. The number of rotatable bonds is 1. The molecule has 0 saturated carbocycles. The van der Waals surface area contributed by atoms with E-state index >= 15 is 0 Å². The number of hydrogen-bond donors (Lipinski definition) is 0. The Balaban J connectivity index is 1.98. The van der Waals surface area contributed by atoms with Crippen LogP contribution in [0.4, 0.5) is 5.69 Å². The van der Waals surface area contributed by atoms with Gasteiger partial charge in [0.2, 0.25) is 0 Å². The van der Waals surface area contributed by atoms with Gasteiger partial charge in [0, 0.05) is 24.2 Å². The molecule has 0 atom stereocenters. The number of piperidine rings is 1. The highest BCUT2D eigenvalue weighted by atomic mass is 15.2. The van der Waals surface area contributed by atoms with E-state index in [4.69, 9.17) is 0 Å². The first kappa shape index (κ1) is 11.2. The highest BCUT2D eigenvalue weighted by Gasteiger charge is 2.43. The quantitative estimate of drug-likeness (QED) is 0.670. The molecule has 1 aromatic rings. The van der Waals surface area contributed by atoms with Crippen LogP contribution in [0.3, 0.4) is 0 Å². The van der Waals surface area contributed by atoms with Crippen LogP contribution >= 0.6 is 0 Å². The van der Waals surface area contributed by atoms with Crippen molar-refractivity contribution in [1.82, 2.24) is 4.81 Å². The molecule has 0 bridgehead atoms. The molecule has 1 fully saturated rings. The van der Waals surface area contributed by atoms with Crippen molar-refractivity contribution in [3.05, 3.63) is 29.8 Å². The van der Waals surface area contributed by atoms with Crippen molar-refractivity contribution in [2.75, 3.05) is 31.1 Å². The topological polar surface area (TPSA) is 6.48 Å². The second kappa shape index (κ2) is 4.06. The van der Waals surface area contributed by atoms with E-state index in [9.17, 15) is 0 Å². The predicted octanol–water partition coefficient (Wildman–Crippen LogP) is 1.41. The van der Waals surface area contributed by atoms with Gasteiger partial charge in [0.05, 0.1) is 0 Å². The molecule has 3 rings (SSSR count). The summed E-state index contributed by atoms with van der Waals surface area (Å²) in [5.41, 5.74) is 3.54. The van der Waals surface area contributed by atoms with Crippen molar-refractivity contribution < 1.29 is 0 Å². The lowest BCUT2D eigenvalue weighted by atomic mass is 9.74. The zero-order valence-electron chi connectivity index (χ0n) is 10.9. The zero-order valence-corrected chi connectivity index (χ0v) is 10.9. The fourth-order valence-electron chi connectivity index (χ4n) is 3.49. The minimum atomic E-state index is 0.444. The summed E-state index contributed by atoms with van der Waals surface area (Å²) in [4.78, 5) is 5.02. The molecule has 0 amide bonds. The van der Waals surface area contributed by atoms with Crippen LogP contribution in [0.5, 0.6) is 0 Å². The Hall–Kier alpha value is -0.955. The van der Waals surface area contributed by atoms with E-state index in [-0.39, 0.29) is 0 Å². The van der Waals surface area contributed by atoms with Crippen molar-refractivity contribution in [2.45, 2.75) is 25.2 Å². The Kier molecular flexibility index (Phi) is 2.66. The molecule has 17 heavy (non-hydrogen) atoms. The van der Waals surface area contributed by atoms with Crippen molar-refractivity contribution in [1.29, 1.82) is 0 Å². The van der Waals surface area contributed by atoms with E-state index in [1.807, 2.05) is 0 Å². The highest BCUT2D eigenvalue weighted by Crippen LogP contribution is 2.46. The lowest BCUT2D eigenvalue weighted by Gasteiger charge is -2.38. The molecule has 0 radical (unpaired) electrons. The van der Waals surface area contributed by atoms with Gasteiger partial charge in [0.25, 0.3) is 0 Å². The normalized spacial score (nSPS) is 23.0. The number of hydrogen-bond acceptors (Lipinski definition) is 2. The third-order valence-electron chi connectivity index (χ3n) is 4.64. The molecule has 0 unspecified atom stereocenters. The van der Waals surface area contributed by atoms with Crippen LogP contribution in [-0.4, -0.2) is 39.0 Å². The van der Waals surface area contributed by atoms with Gasteiger partial charge in [-0.15, -0.1) is 0 Å². The summed E-state index contributed by atoms with van der Waals surface area (Å²) in [6.45, 7) is 7.12. The lowest BCUT2D eigenvalue weighted by molar-refractivity contribution is 0.250. The van der Waals surface area contributed by atoms with Gasteiger partial charge in [-0.25, -0.2) is 0 Å². The number of likely N-dealkylation sites (N-methyl/N-ethyl adjacent to an activating group) is 1. The highest BCUT2D eigenvalue weighted by molar-refractivity contribution is 6.04. The average molecular weight is 228 g/mol. The molecule has 1 spiro atoms. The molecule has 0 aromatic heterocycles. The van der Waals surface area contributed by atoms with Gasteiger partial charge in [-0.1, -0.05) is 18.2 Å². The van der Waals surface area contributed by atoms with Gasteiger partial charge in [-0.2, -0.15) is 0 Å². The third-order valence-corrected chi connectivity index (χ3v) is 4.64. The maximum Gasteiger partial charge on any atom is 0.185 e. The summed E-state index contributed by atoms with van der Waals surface area (Å²) < 4.78 is 0. The molecule has 0 N–H and O–H groups in total. The third kappa shape index (κ3) is 1.68. The maximum atomic E-state index is 2.56. The van der Waals surface area contributed by atoms with Crippen molar-refractivity contribution in [2.24, 2.45) is 0 Å². The molecule has 2 aliphatic rings. The van der Waals surface area contributed by atoms with Gasteiger partial charge >= 0.3 is 0 Å². The number of anilines is 1. The Bertz CT molecular complexity index is 410. The van der Waals surface area contributed by atoms with E-state index in [0.717, 1.165) is 6.54 Å². The molecule has 0 aliphatic carbocycles. The smallest absolute Gasteiger partial charge is 0.185 e. The largest absolute Gasteiger partial charge is 0.371 e. The van der Waals surface area contributed by atoms with E-state index in [1.54, 1.807) is 5.56 Å². The molecule has 1 saturated heterocycles. The van der Waals surface area contributed by atoms with E-state index in [0.29, 0.717) is 5.41 Å². The molecule has 2 nitrogen and oxygen atoms in total. The molecule has 90 valence electrons. The van der Waals surface area contributed by atoms with E-state index < -0.39 is 0 Å². The van der Waals surface area contributed by atoms with Crippen LogP contribution in [0, 0.1) is 0 Å². The van der Waals surface area contributed by atoms with Crippen LogP contribution in [0.2, 0.25) is 0 Å². The standard InChI is InChI=1S/C14H21BN2/c1-2-16-11-14(7-9-17(15)10-8-14)12-5-3-4-6-13(12)16/h3-6H,2,7-11,15H2,1H3. The fourth-order valence-corrected chi connectivity index (χ4v) is 3.49. The first-order valence-electron chi connectivity index (χ1n) is 6.78. The summed E-state index contributed by atoms with van der Waals surface area (Å²) in [6.07, 6.45) is 2.63. The van der Waals surface area contributed by atoms with Gasteiger partial charge in [0.15, 0.2) is 7.98 Å². The molecule has 1 aromatic carbocycles. The fraction of sp³-hybridized carbons (Fsp3) is 0.571. The number of benzene rings is 1. The zero-order chi connectivity index (χ0) is 11.9. The SMILES string of the molecule is BN1CCC2(CC1)CN(CC)c1ccccc12. The number of nitrogens with zero attached hydrogens (tertiary/aromatic N) is 2. The minimum Gasteiger partial charge on any atom is -0.371 e. The van der Waals surface area contributed by atoms with Gasteiger partial charge in [0.1, 0.15) is 0 Å². The van der Waals surface area contributed by atoms with Crippen LogP contribution in [-0.2, 0) is 5.41 Å². The summed E-state index contributed by atoms with van der Waals surface area (Å²) >= 11 is 0. The molecular formula is C14H21BN2. The second-order valence-electron chi connectivity index (χ2n) is 5.61. The second-order valence-corrected chi connectivity index (χ2v) is 5.61. The molecular weight excluding hydrogens is 207 g/mol. The minimum absolute atomic E-state index is 0.444. The summed E-state index contributed by atoms with van der Waals surface area (Å²) in [5.74, 6) is 0. The Labute approximate surface area is 105 Å². The van der Waals surface area contributed by atoms with Crippen LogP contribution < -0.4 is 4.90 Å². The van der Waals surface area contributed by atoms with Crippen molar-refractivity contribution in [3.63, 3.8) is 0 Å². The molecule has 3 heteroatoms. The van der Waals surface area contributed by atoms with Crippen molar-refractivity contribution >= 4 is 13.7 Å². The van der Waals surface area contributed by atoms with Gasteiger partial charge in [-0.05, 0) is 44.5 Å².